The van der Waals surface area contributed by atoms with E-state index in [-0.39, 0.29) is 6.10 Å². The van der Waals surface area contributed by atoms with E-state index >= 15 is 0 Å². The normalized spacial score (nSPS) is 33.0. The molecule has 0 aromatic heterocycles. The van der Waals surface area contributed by atoms with Crippen LogP contribution in [0.3, 0.4) is 0 Å². The van der Waals surface area contributed by atoms with Crippen molar-refractivity contribution < 1.29 is 9.84 Å². The van der Waals surface area contributed by atoms with Gasteiger partial charge in [0, 0.05) is 26.3 Å². The van der Waals surface area contributed by atoms with Crippen molar-refractivity contribution in [2.45, 2.75) is 31.8 Å². The molecule has 88 valence electrons. The molecule has 1 aliphatic heterocycles. The highest BCUT2D eigenvalue weighted by molar-refractivity contribution is 4.81. The van der Waals surface area contributed by atoms with Crippen molar-refractivity contribution in [3.05, 3.63) is 0 Å². The zero-order valence-electron chi connectivity index (χ0n) is 9.69. The van der Waals surface area contributed by atoms with Gasteiger partial charge in [0.1, 0.15) is 0 Å². The number of hydrogen-bond donors (Lipinski definition) is 1. The molecule has 1 saturated carbocycles. The molecule has 2 rings (SSSR count). The molecule has 1 N–H and O–H groups in total. The van der Waals surface area contributed by atoms with Gasteiger partial charge in [-0.3, -0.25) is 0 Å². The first-order valence-electron chi connectivity index (χ1n) is 6.18. The lowest BCUT2D eigenvalue weighted by Gasteiger charge is -2.36. The van der Waals surface area contributed by atoms with Gasteiger partial charge < -0.3 is 14.7 Å². The van der Waals surface area contributed by atoms with Crippen LogP contribution < -0.4 is 0 Å². The van der Waals surface area contributed by atoms with Crippen molar-refractivity contribution in [2.24, 2.45) is 11.8 Å². The molecule has 0 atom stereocenters. The van der Waals surface area contributed by atoms with Crippen molar-refractivity contribution in [3.8, 4) is 0 Å². The average Bonchev–Trinajstić information content (AvgIpc) is 2.17. The summed E-state index contributed by atoms with van der Waals surface area (Å²) in [5.74, 6) is 1.57. The fourth-order valence-electron chi connectivity index (χ4n) is 2.73. The highest BCUT2D eigenvalue weighted by Crippen LogP contribution is 2.28. The Bertz CT molecular complexity index is 186. The summed E-state index contributed by atoms with van der Waals surface area (Å²) in [5.41, 5.74) is 0. The maximum absolute atomic E-state index is 9.22. The minimum absolute atomic E-state index is 0.00789. The van der Waals surface area contributed by atoms with Crippen LogP contribution in [0.5, 0.6) is 0 Å². The van der Waals surface area contributed by atoms with Crippen molar-refractivity contribution in [3.63, 3.8) is 0 Å². The molecule has 0 aromatic rings. The molecule has 0 bridgehead atoms. The lowest BCUT2D eigenvalue weighted by Crippen LogP contribution is -2.39. The van der Waals surface area contributed by atoms with E-state index in [0.29, 0.717) is 0 Å². The van der Waals surface area contributed by atoms with Gasteiger partial charge in [0.25, 0.3) is 0 Å². The minimum atomic E-state index is -0.00789. The van der Waals surface area contributed by atoms with E-state index in [9.17, 15) is 5.11 Å². The van der Waals surface area contributed by atoms with E-state index in [0.717, 1.165) is 44.4 Å². The molecule has 15 heavy (non-hydrogen) atoms. The van der Waals surface area contributed by atoms with Gasteiger partial charge in [-0.05, 0) is 44.6 Å². The van der Waals surface area contributed by atoms with Crippen LogP contribution in [0.4, 0.5) is 0 Å². The van der Waals surface area contributed by atoms with Crippen LogP contribution in [0.15, 0.2) is 0 Å². The van der Waals surface area contributed by atoms with Gasteiger partial charge in [-0.1, -0.05) is 0 Å². The molecule has 3 nitrogen and oxygen atoms in total. The van der Waals surface area contributed by atoms with Crippen LogP contribution in [0.25, 0.3) is 0 Å². The minimum Gasteiger partial charge on any atom is -0.393 e. The Balaban J connectivity index is 1.61. The summed E-state index contributed by atoms with van der Waals surface area (Å²) in [5, 5.41) is 9.22. The van der Waals surface area contributed by atoms with Crippen LogP contribution in [0.2, 0.25) is 0 Å². The summed E-state index contributed by atoms with van der Waals surface area (Å²) in [6.45, 7) is 4.26. The second kappa shape index (κ2) is 5.28. The Morgan fingerprint density at radius 3 is 2.33 bits per heavy atom. The van der Waals surface area contributed by atoms with Gasteiger partial charge in [-0.2, -0.15) is 0 Å². The lowest BCUT2D eigenvalue weighted by molar-refractivity contribution is 0.0186. The van der Waals surface area contributed by atoms with E-state index in [1.807, 2.05) is 0 Å². The number of rotatable bonds is 4. The zero-order chi connectivity index (χ0) is 10.7. The van der Waals surface area contributed by atoms with Crippen molar-refractivity contribution in [1.29, 1.82) is 0 Å². The molecule has 1 saturated heterocycles. The van der Waals surface area contributed by atoms with E-state index < -0.39 is 0 Å². The summed E-state index contributed by atoms with van der Waals surface area (Å²) in [6, 6.07) is 0. The predicted octanol–water partition coefficient (Wildman–Crippen LogP) is 1.12. The van der Waals surface area contributed by atoms with Crippen LogP contribution >= 0.6 is 0 Å². The molecular weight excluding hydrogens is 190 g/mol. The summed E-state index contributed by atoms with van der Waals surface area (Å²) in [6.07, 6.45) is 4.46. The number of ether oxygens (including phenoxy) is 1. The van der Waals surface area contributed by atoms with Crippen LogP contribution in [-0.2, 0) is 4.74 Å². The zero-order valence-corrected chi connectivity index (χ0v) is 9.69. The smallest absolute Gasteiger partial charge is 0.0546 e. The largest absolute Gasteiger partial charge is 0.393 e. The number of aliphatic hydroxyl groups excluding tert-OH is 1. The standard InChI is InChI=1S/C12H23NO2/c1-13(9-11-6-12(14)7-11)8-10-2-4-15-5-3-10/h10-12,14H,2-9H2,1H3. The second-order valence-electron chi connectivity index (χ2n) is 5.27. The number of nitrogens with zero attached hydrogens (tertiary/aromatic N) is 1. The molecule has 2 fully saturated rings. The molecule has 0 radical (unpaired) electrons. The lowest BCUT2D eigenvalue weighted by atomic mass is 9.82. The van der Waals surface area contributed by atoms with E-state index in [4.69, 9.17) is 4.74 Å². The van der Waals surface area contributed by atoms with Crippen LogP contribution in [0, 0.1) is 11.8 Å². The average molecular weight is 213 g/mol. The molecule has 3 heteroatoms. The highest BCUT2D eigenvalue weighted by Gasteiger charge is 2.28. The molecule has 2 aliphatic rings. The Morgan fingerprint density at radius 2 is 1.73 bits per heavy atom. The van der Waals surface area contributed by atoms with Gasteiger partial charge in [0.2, 0.25) is 0 Å². The first-order chi connectivity index (χ1) is 7.24. The number of hydrogen-bond acceptors (Lipinski definition) is 3. The monoisotopic (exact) mass is 213 g/mol. The fourth-order valence-corrected chi connectivity index (χ4v) is 2.73. The summed E-state index contributed by atoms with van der Waals surface area (Å²) in [4.78, 5) is 2.44. The molecule has 0 unspecified atom stereocenters. The molecule has 1 heterocycles. The Kier molecular flexibility index (Phi) is 4.00. The van der Waals surface area contributed by atoms with E-state index in [2.05, 4.69) is 11.9 Å². The molecule has 0 amide bonds. The third-order valence-electron chi connectivity index (χ3n) is 3.69. The highest BCUT2D eigenvalue weighted by atomic mass is 16.5. The predicted molar refractivity (Wildman–Crippen MR) is 59.8 cm³/mol. The number of aliphatic hydroxyl groups is 1. The SMILES string of the molecule is CN(CC1CCOCC1)CC1CC(O)C1. The third kappa shape index (κ3) is 3.44. The van der Waals surface area contributed by atoms with E-state index in [1.54, 1.807) is 0 Å². The van der Waals surface area contributed by atoms with E-state index in [1.165, 1.54) is 19.4 Å². The van der Waals surface area contributed by atoms with Gasteiger partial charge in [-0.15, -0.1) is 0 Å². The second-order valence-corrected chi connectivity index (χ2v) is 5.27. The third-order valence-corrected chi connectivity index (χ3v) is 3.69. The Morgan fingerprint density at radius 1 is 1.13 bits per heavy atom. The maximum atomic E-state index is 9.22. The van der Waals surface area contributed by atoms with Crippen molar-refractivity contribution in [2.75, 3.05) is 33.4 Å². The quantitative estimate of drug-likeness (QED) is 0.759. The Labute approximate surface area is 92.4 Å². The van der Waals surface area contributed by atoms with Gasteiger partial charge >= 0.3 is 0 Å². The summed E-state index contributed by atoms with van der Waals surface area (Å²) in [7, 11) is 2.21. The first-order valence-corrected chi connectivity index (χ1v) is 6.18. The topological polar surface area (TPSA) is 32.7 Å². The molecule has 1 aliphatic carbocycles. The van der Waals surface area contributed by atoms with Crippen LogP contribution in [-0.4, -0.2) is 49.5 Å². The Hall–Kier alpha value is -0.120. The van der Waals surface area contributed by atoms with Gasteiger partial charge in [0.15, 0.2) is 0 Å². The van der Waals surface area contributed by atoms with Crippen molar-refractivity contribution >= 4 is 0 Å². The molecule has 0 aromatic carbocycles. The van der Waals surface area contributed by atoms with Gasteiger partial charge in [-0.25, -0.2) is 0 Å². The van der Waals surface area contributed by atoms with Crippen molar-refractivity contribution in [1.82, 2.24) is 4.90 Å². The summed E-state index contributed by atoms with van der Waals surface area (Å²) >= 11 is 0. The summed E-state index contributed by atoms with van der Waals surface area (Å²) < 4.78 is 5.36. The molecule has 0 spiro atoms. The van der Waals surface area contributed by atoms with Gasteiger partial charge in [0.05, 0.1) is 6.10 Å². The van der Waals surface area contributed by atoms with Crippen LogP contribution in [0.1, 0.15) is 25.7 Å². The first kappa shape index (κ1) is 11.4. The fraction of sp³-hybridized carbons (Fsp3) is 1.00. The molecular formula is C12H23NO2. The maximum Gasteiger partial charge on any atom is 0.0546 e.